The van der Waals surface area contributed by atoms with Crippen molar-refractivity contribution < 1.29 is 35.9 Å². The van der Waals surface area contributed by atoms with Crippen molar-refractivity contribution in [1.82, 2.24) is 29.8 Å². The van der Waals surface area contributed by atoms with Gasteiger partial charge in [-0.1, -0.05) is 0 Å². The predicted octanol–water partition coefficient (Wildman–Crippen LogP) is 3.72. The molecule has 1 aliphatic heterocycles. The number of alkyl halides is 6. The Balaban J connectivity index is 1.41. The molecule has 1 saturated carbocycles. The zero-order valence-corrected chi connectivity index (χ0v) is 21.4. The zero-order chi connectivity index (χ0) is 29.1. The fourth-order valence-electron chi connectivity index (χ4n) is 5.44. The molecule has 9 nitrogen and oxygen atoms in total. The molecule has 3 atom stereocenters. The van der Waals surface area contributed by atoms with Gasteiger partial charge in [0.05, 0.1) is 35.1 Å². The van der Waals surface area contributed by atoms with Gasteiger partial charge in [-0.05, 0) is 32.4 Å². The number of nitrogens with one attached hydrogen (secondary N) is 1. The molecule has 2 amide bonds. The molecule has 0 aromatic carbocycles. The van der Waals surface area contributed by atoms with Crippen molar-refractivity contribution in [3.8, 4) is 11.3 Å². The van der Waals surface area contributed by atoms with Crippen molar-refractivity contribution in [2.24, 2.45) is 5.92 Å². The number of fused-ring (bicyclic) bond motifs is 1. The molecule has 2 fully saturated rings. The number of likely N-dealkylation sites (tertiary alicyclic amines) is 1. The molecule has 3 aromatic rings. The highest BCUT2D eigenvalue weighted by molar-refractivity contribution is 5.97. The average molecular weight is 570 g/mol. The Bertz CT molecular complexity index is 1510. The third kappa shape index (κ3) is 4.92. The second kappa shape index (κ2) is 9.63. The van der Waals surface area contributed by atoms with Gasteiger partial charge < -0.3 is 16.0 Å². The van der Waals surface area contributed by atoms with Crippen LogP contribution in [0.25, 0.3) is 16.8 Å². The fraction of sp³-hybridized carbons (Fsp3) is 0.480. The molecule has 5 rings (SSSR count). The minimum Gasteiger partial charge on any atom is -0.382 e. The number of hydrogen-bond acceptors (Lipinski definition) is 6. The lowest BCUT2D eigenvalue weighted by molar-refractivity contribution is -0.136. The number of aryl methyl sites for hydroxylation is 2. The number of pyridine rings is 1. The molecule has 1 unspecified atom stereocenters. The van der Waals surface area contributed by atoms with Crippen molar-refractivity contribution in [1.29, 1.82) is 0 Å². The Morgan fingerprint density at radius 3 is 2.52 bits per heavy atom. The van der Waals surface area contributed by atoms with Crippen LogP contribution in [0.2, 0.25) is 0 Å². The lowest BCUT2D eigenvalue weighted by Crippen LogP contribution is -2.42. The van der Waals surface area contributed by atoms with Gasteiger partial charge >= 0.3 is 6.18 Å². The van der Waals surface area contributed by atoms with E-state index in [0.717, 1.165) is 21.8 Å². The number of amides is 2. The Kier molecular flexibility index (Phi) is 6.65. The molecule has 0 bridgehead atoms. The average Bonchev–Trinajstić information content (AvgIpc) is 3.54. The van der Waals surface area contributed by atoms with Crippen LogP contribution in [0.1, 0.15) is 46.6 Å². The van der Waals surface area contributed by atoms with E-state index in [1.165, 1.54) is 13.0 Å². The number of hydrogen-bond donors (Lipinski definition) is 2. The molecule has 2 aliphatic rings. The molecule has 3 N–H and O–H groups in total. The second-order valence-corrected chi connectivity index (χ2v) is 10.2. The van der Waals surface area contributed by atoms with E-state index in [4.69, 9.17) is 5.73 Å². The monoisotopic (exact) mass is 569 g/mol. The summed E-state index contributed by atoms with van der Waals surface area (Å²) in [6.45, 7) is 2.51. The maximum Gasteiger partial charge on any atom is 0.418 e. The van der Waals surface area contributed by atoms with E-state index >= 15 is 0 Å². The summed E-state index contributed by atoms with van der Waals surface area (Å²) in [5.41, 5.74) is 4.83. The first-order valence-corrected chi connectivity index (χ1v) is 12.5. The quantitative estimate of drug-likeness (QED) is 0.463. The third-order valence-electron chi connectivity index (χ3n) is 7.44. The summed E-state index contributed by atoms with van der Waals surface area (Å²) in [5, 5.41) is 6.44. The van der Waals surface area contributed by atoms with Gasteiger partial charge in [-0.2, -0.15) is 18.3 Å². The van der Waals surface area contributed by atoms with E-state index in [-0.39, 0.29) is 47.8 Å². The third-order valence-corrected chi connectivity index (χ3v) is 7.44. The zero-order valence-electron chi connectivity index (χ0n) is 21.4. The van der Waals surface area contributed by atoms with Crippen molar-refractivity contribution in [2.45, 2.75) is 57.4 Å². The maximum atomic E-state index is 14.8. The number of nitrogens with zero attached hydrogens (tertiary/aromatic N) is 5. The second-order valence-electron chi connectivity index (χ2n) is 10.2. The number of aromatic nitrogens is 4. The SMILES string of the molecule is Cc1nc(C)c(-c2cc(C(F)(F)F)c3c(N)ncnn23)cc1C(=O)N[C@@H]1CN(C(=O)C2CCC(F)(F)C2)C[C@@H]1F. The predicted molar refractivity (Wildman–Crippen MR) is 130 cm³/mol. The van der Waals surface area contributed by atoms with Crippen molar-refractivity contribution in [3.63, 3.8) is 0 Å². The van der Waals surface area contributed by atoms with Crippen LogP contribution < -0.4 is 11.1 Å². The number of nitrogen functional groups attached to an aromatic ring is 1. The minimum absolute atomic E-state index is 0.00829. The number of anilines is 1. The minimum atomic E-state index is -4.77. The lowest BCUT2D eigenvalue weighted by Gasteiger charge is -2.20. The normalized spacial score (nSPS) is 22.7. The van der Waals surface area contributed by atoms with E-state index in [2.05, 4.69) is 20.4 Å². The largest absolute Gasteiger partial charge is 0.418 e. The summed E-state index contributed by atoms with van der Waals surface area (Å²) in [4.78, 5) is 35.0. The molecule has 15 heteroatoms. The summed E-state index contributed by atoms with van der Waals surface area (Å²) in [6.07, 6.45) is -6.40. The van der Waals surface area contributed by atoms with Gasteiger partial charge in [0.15, 0.2) is 5.82 Å². The highest BCUT2D eigenvalue weighted by Gasteiger charge is 2.46. The fourth-order valence-corrected chi connectivity index (χ4v) is 5.44. The Morgan fingerprint density at radius 1 is 1.15 bits per heavy atom. The molecule has 4 heterocycles. The Labute approximate surface area is 223 Å². The first-order chi connectivity index (χ1) is 18.7. The summed E-state index contributed by atoms with van der Waals surface area (Å²) in [6, 6.07) is 1.06. The molecule has 0 spiro atoms. The first-order valence-electron chi connectivity index (χ1n) is 12.5. The number of halogens is 6. The Morgan fingerprint density at radius 2 is 1.88 bits per heavy atom. The molecule has 40 heavy (non-hydrogen) atoms. The first kappa shape index (κ1) is 27.6. The highest BCUT2D eigenvalue weighted by atomic mass is 19.4. The lowest BCUT2D eigenvalue weighted by atomic mass is 10.0. The molecular formula is C25H25F6N7O2. The number of carbonyl (C=O) groups is 2. The standard InChI is InChI=1S/C25H25F6N7O2/c1-11-14(19-6-16(25(29,30)31)20-21(32)33-10-34-38(19)20)5-15(12(2)35-11)22(39)36-18-9-37(8-17(18)26)23(40)13-3-4-24(27,28)7-13/h5-6,10,13,17-18H,3-4,7-9H2,1-2H3,(H,36,39)(H2,32,33,34)/t13?,17-,18+/m0/s1. The molecule has 0 radical (unpaired) electrons. The summed E-state index contributed by atoms with van der Waals surface area (Å²) >= 11 is 0. The van der Waals surface area contributed by atoms with E-state index < -0.39 is 66.0 Å². The van der Waals surface area contributed by atoms with Crippen LogP contribution in [0, 0.1) is 19.8 Å². The van der Waals surface area contributed by atoms with Crippen LogP contribution >= 0.6 is 0 Å². The van der Waals surface area contributed by atoms with E-state index in [1.54, 1.807) is 6.92 Å². The van der Waals surface area contributed by atoms with Crippen molar-refractivity contribution in [2.75, 3.05) is 18.8 Å². The van der Waals surface area contributed by atoms with Gasteiger partial charge in [0, 0.05) is 36.6 Å². The molecule has 214 valence electrons. The topological polar surface area (TPSA) is 119 Å². The van der Waals surface area contributed by atoms with Gasteiger partial charge in [0.1, 0.15) is 18.0 Å². The smallest absolute Gasteiger partial charge is 0.382 e. The molecular weight excluding hydrogens is 544 g/mol. The number of rotatable bonds is 4. The van der Waals surface area contributed by atoms with Crippen LogP contribution in [0.15, 0.2) is 18.5 Å². The Hall–Kier alpha value is -3.91. The highest BCUT2D eigenvalue weighted by Crippen LogP contribution is 2.41. The van der Waals surface area contributed by atoms with Gasteiger partial charge in [0.25, 0.3) is 5.91 Å². The molecule has 1 aliphatic carbocycles. The van der Waals surface area contributed by atoms with E-state index in [0.29, 0.717) is 5.69 Å². The molecule has 1 saturated heterocycles. The number of nitrogens with two attached hydrogens (primary N) is 1. The summed E-state index contributed by atoms with van der Waals surface area (Å²) < 4.78 is 84.3. The van der Waals surface area contributed by atoms with Gasteiger partial charge in [-0.3, -0.25) is 14.6 Å². The molecule has 3 aromatic heterocycles. The maximum absolute atomic E-state index is 14.8. The van der Waals surface area contributed by atoms with Crippen LogP contribution in [-0.2, 0) is 11.0 Å². The van der Waals surface area contributed by atoms with Crippen LogP contribution in [0.5, 0.6) is 0 Å². The van der Waals surface area contributed by atoms with Crippen LogP contribution in [-0.4, -0.2) is 67.5 Å². The van der Waals surface area contributed by atoms with Crippen molar-refractivity contribution >= 4 is 23.1 Å². The summed E-state index contributed by atoms with van der Waals surface area (Å²) in [7, 11) is 0. The van der Waals surface area contributed by atoms with Gasteiger partial charge in [0.2, 0.25) is 11.8 Å². The summed E-state index contributed by atoms with van der Waals surface area (Å²) in [5.74, 6) is -5.56. The van der Waals surface area contributed by atoms with Crippen LogP contribution in [0.3, 0.4) is 0 Å². The van der Waals surface area contributed by atoms with Gasteiger partial charge in [-0.15, -0.1) is 0 Å². The van der Waals surface area contributed by atoms with Crippen molar-refractivity contribution in [3.05, 3.63) is 41.0 Å². The van der Waals surface area contributed by atoms with E-state index in [1.807, 2.05) is 0 Å². The van der Waals surface area contributed by atoms with Crippen LogP contribution in [0.4, 0.5) is 32.2 Å². The van der Waals surface area contributed by atoms with E-state index in [9.17, 15) is 35.9 Å². The van der Waals surface area contributed by atoms with Gasteiger partial charge in [-0.25, -0.2) is 22.7 Å². The number of carbonyl (C=O) groups excluding carboxylic acids is 2.